The van der Waals surface area contributed by atoms with Crippen LogP contribution in [0.15, 0.2) is 4.52 Å². The van der Waals surface area contributed by atoms with Crippen LogP contribution in [0.1, 0.15) is 24.2 Å². The Morgan fingerprint density at radius 2 is 2.50 bits per heavy atom. The van der Waals surface area contributed by atoms with Gasteiger partial charge in [0.2, 0.25) is 5.89 Å². The van der Waals surface area contributed by atoms with Gasteiger partial charge < -0.3 is 10.3 Å². The van der Waals surface area contributed by atoms with Crippen LogP contribution in [0.3, 0.4) is 0 Å². The van der Waals surface area contributed by atoms with Crippen LogP contribution in [-0.4, -0.2) is 46.7 Å². The first-order valence-electron chi connectivity index (χ1n) is 5.62. The lowest BCUT2D eigenvalue weighted by Gasteiger charge is -2.29. The van der Waals surface area contributed by atoms with E-state index in [1.54, 1.807) is 0 Å². The van der Waals surface area contributed by atoms with Crippen molar-refractivity contribution < 1.29 is 4.52 Å². The summed E-state index contributed by atoms with van der Waals surface area (Å²) in [7, 11) is 2.11. The quantitative estimate of drug-likeness (QED) is 0.837. The van der Waals surface area contributed by atoms with Crippen molar-refractivity contribution in [3.8, 4) is 0 Å². The predicted octanol–water partition coefficient (Wildman–Crippen LogP) is 0.681. The van der Waals surface area contributed by atoms with Gasteiger partial charge in [0.05, 0.1) is 6.04 Å². The van der Waals surface area contributed by atoms with Gasteiger partial charge >= 0.3 is 0 Å². The summed E-state index contributed by atoms with van der Waals surface area (Å²) in [5.41, 5.74) is 5.45. The summed E-state index contributed by atoms with van der Waals surface area (Å²) >= 11 is 1.95. The van der Waals surface area contributed by atoms with Gasteiger partial charge in [-0.2, -0.15) is 16.7 Å². The lowest BCUT2D eigenvalue weighted by atomic mass is 10.2. The Bertz CT molecular complexity index is 330. The highest BCUT2D eigenvalue weighted by Crippen LogP contribution is 2.26. The van der Waals surface area contributed by atoms with Crippen LogP contribution in [0, 0.1) is 0 Å². The van der Waals surface area contributed by atoms with E-state index < -0.39 is 0 Å². The van der Waals surface area contributed by atoms with Crippen molar-refractivity contribution in [2.75, 3.05) is 31.6 Å². The SMILES string of the molecule is CN1CCSCC1c1noc(CCCN)n1. The molecule has 2 heterocycles. The first kappa shape index (κ1) is 11.9. The Kier molecular flexibility index (Phi) is 4.20. The van der Waals surface area contributed by atoms with Crippen molar-refractivity contribution in [1.82, 2.24) is 15.0 Å². The Labute approximate surface area is 99.8 Å². The van der Waals surface area contributed by atoms with Crippen LogP contribution < -0.4 is 5.73 Å². The molecule has 0 spiro atoms. The van der Waals surface area contributed by atoms with E-state index in [1.165, 1.54) is 5.75 Å². The van der Waals surface area contributed by atoms with Crippen LogP contribution in [0.5, 0.6) is 0 Å². The Morgan fingerprint density at radius 3 is 3.25 bits per heavy atom. The second-order valence-electron chi connectivity index (χ2n) is 4.01. The zero-order chi connectivity index (χ0) is 11.4. The van der Waals surface area contributed by atoms with Crippen LogP contribution in [0.4, 0.5) is 0 Å². The molecule has 6 heteroatoms. The molecule has 0 aliphatic carbocycles. The number of hydrogen-bond acceptors (Lipinski definition) is 6. The van der Waals surface area contributed by atoms with Crippen LogP contribution >= 0.6 is 11.8 Å². The smallest absolute Gasteiger partial charge is 0.226 e. The fraction of sp³-hybridized carbons (Fsp3) is 0.800. The molecular formula is C10H18N4OS. The molecule has 0 saturated carbocycles. The Morgan fingerprint density at radius 1 is 1.62 bits per heavy atom. The highest BCUT2D eigenvalue weighted by Gasteiger charge is 2.25. The van der Waals surface area contributed by atoms with Gasteiger partial charge in [0.1, 0.15) is 0 Å². The molecule has 16 heavy (non-hydrogen) atoms. The molecule has 1 atom stereocenters. The predicted molar refractivity (Wildman–Crippen MR) is 64.4 cm³/mol. The normalized spacial score (nSPS) is 22.5. The Balaban J connectivity index is 1.99. The van der Waals surface area contributed by atoms with Gasteiger partial charge in [0, 0.05) is 24.5 Å². The molecule has 1 aliphatic rings. The fourth-order valence-corrected chi connectivity index (χ4v) is 2.93. The number of nitrogens with two attached hydrogens (primary N) is 1. The molecule has 0 radical (unpaired) electrons. The molecule has 1 aromatic rings. The monoisotopic (exact) mass is 242 g/mol. The summed E-state index contributed by atoms with van der Waals surface area (Å²) in [5.74, 6) is 3.77. The average Bonchev–Trinajstić information content (AvgIpc) is 2.75. The first-order valence-corrected chi connectivity index (χ1v) is 6.77. The lowest BCUT2D eigenvalue weighted by molar-refractivity contribution is 0.256. The number of aryl methyl sites for hydroxylation is 1. The lowest BCUT2D eigenvalue weighted by Crippen LogP contribution is -2.33. The molecule has 5 nitrogen and oxygen atoms in total. The van der Waals surface area contributed by atoms with E-state index in [0.29, 0.717) is 18.5 Å². The molecular weight excluding hydrogens is 224 g/mol. The van der Waals surface area contributed by atoms with E-state index in [2.05, 4.69) is 22.1 Å². The third-order valence-corrected chi connectivity index (χ3v) is 3.80. The van der Waals surface area contributed by atoms with E-state index in [0.717, 1.165) is 31.0 Å². The van der Waals surface area contributed by atoms with Crippen molar-refractivity contribution >= 4 is 11.8 Å². The molecule has 1 fully saturated rings. The minimum absolute atomic E-state index is 0.300. The third kappa shape index (κ3) is 2.75. The summed E-state index contributed by atoms with van der Waals surface area (Å²) < 4.78 is 5.22. The van der Waals surface area contributed by atoms with Gasteiger partial charge in [-0.3, -0.25) is 4.90 Å². The van der Waals surface area contributed by atoms with Crippen LogP contribution in [0.25, 0.3) is 0 Å². The molecule has 1 aromatic heterocycles. The molecule has 1 saturated heterocycles. The second-order valence-corrected chi connectivity index (χ2v) is 5.16. The summed E-state index contributed by atoms with van der Waals surface area (Å²) in [4.78, 5) is 6.72. The minimum Gasteiger partial charge on any atom is -0.339 e. The second kappa shape index (κ2) is 5.65. The molecule has 0 aromatic carbocycles. The number of thioether (sulfide) groups is 1. The van der Waals surface area contributed by atoms with Crippen molar-refractivity contribution in [1.29, 1.82) is 0 Å². The maximum absolute atomic E-state index is 5.45. The number of hydrogen-bond donors (Lipinski definition) is 1. The standard InChI is InChI=1S/C10H18N4OS/c1-14-5-6-16-7-8(14)10-12-9(15-13-10)3-2-4-11/h8H,2-7,11H2,1H3. The molecule has 2 rings (SSSR count). The topological polar surface area (TPSA) is 68.2 Å². The van der Waals surface area contributed by atoms with Crippen LogP contribution in [0.2, 0.25) is 0 Å². The van der Waals surface area contributed by atoms with Crippen molar-refractivity contribution in [3.05, 3.63) is 11.7 Å². The van der Waals surface area contributed by atoms with Crippen molar-refractivity contribution in [2.45, 2.75) is 18.9 Å². The van der Waals surface area contributed by atoms with Crippen molar-refractivity contribution in [3.63, 3.8) is 0 Å². The van der Waals surface area contributed by atoms with Gasteiger partial charge in [0.15, 0.2) is 5.82 Å². The number of aromatic nitrogens is 2. The minimum atomic E-state index is 0.300. The fourth-order valence-electron chi connectivity index (χ4n) is 1.72. The zero-order valence-corrected chi connectivity index (χ0v) is 10.4. The largest absolute Gasteiger partial charge is 0.339 e. The highest BCUT2D eigenvalue weighted by atomic mass is 32.2. The van der Waals surface area contributed by atoms with Crippen LogP contribution in [-0.2, 0) is 6.42 Å². The summed E-state index contributed by atoms with van der Waals surface area (Å²) in [5, 5.41) is 4.06. The summed E-state index contributed by atoms with van der Waals surface area (Å²) in [6, 6.07) is 0.300. The molecule has 90 valence electrons. The summed E-state index contributed by atoms with van der Waals surface area (Å²) in [6.45, 7) is 1.75. The van der Waals surface area contributed by atoms with Crippen molar-refractivity contribution in [2.24, 2.45) is 5.73 Å². The average molecular weight is 242 g/mol. The first-order chi connectivity index (χ1) is 7.81. The van der Waals surface area contributed by atoms with E-state index >= 15 is 0 Å². The van der Waals surface area contributed by atoms with Gasteiger partial charge in [-0.25, -0.2) is 0 Å². The third-order valence-electron chi connectivity index (χ3n) is 2.77. The van der Waals surface area contributed by atoms with Gasteiger partial charge in [-0.05, 0) is 20.0 Å². The molecule has 1 unspecified atom stereocenters. The summed E-state index contributed by atoms with van der Waals surface area (Å²) in [6.07, 6.45) is 1.68. The Hall–Kier alpha value is -0.590. The molecule has 2 N–H and O–H groups in total. The zero-order valence-electron chi connectivity index (χ0n) is 9.56. The molecule has 0 bridgehead atoms. The van der Waals surface area contributed by atoms with Gasteiger partial charge in [-0.15, -0.1) is 0 Å². The van der Waals surface area contributed by atoms with E-state index in [4.69, 9.17) is 10.3 Å². The van der Waals surface area contributed by atoms with Gasteiger partial charge in [0.25, 0.3) is 0 Å². The van der Waals surface area contributed by atoms with Gasteiger partial charge in [-0.1, -0.05) is 5.16 Å². The molecule has 1 aliphatic heterocycles. The maximum Gasteiger partial charge on any atom is 0.226 e. The maximum atomic E-state index is 5.45. The highest BCUT2D eigenvalue weighted by molar-refractivity contribution is 7.99. The van der Waals surface area contributed by atoms with E-state index in [-0.39, 0.29) is 0 Å². The van der Waals surface area contributed by atoms with E-state index in [9.17, 15) is 0 Å². The van der Waals surface area contributed by atoms with E-state index in [1.807, 2.05) is 11.8 Å². The number of nitrogens with zero attached hydrogens (tertiary/aromatic N) is 3. The number of rotatable bonds is 4. The molecule has 0 amide bonds.